The van der Waals surface area contributed by atoms with Crippen LogP contribution in [0.3, 0.4) is 0 Å². The highest BCUT2D eigenvalue weighted by Crippen LogP contribution is 2.23. The summed E-state index contributed by atoms with van der Waals surface area (Å²) in [6, 6.07) is 3.12. The smallest absolute Gasteiger partial charge is 0.345 e. The second-order valence-electron chi connectivity index (χ2n) is 4.64. The number of carboxylic acid groups (broad SMARTS) is 1. The molecule has 1 amide bonds. The molecule has 1 aromatic heterocycles. The number of likely N-dealkylation sites (tertiary alicyclic amines) is 1. The highest BCUT2D eigenvalue weighted by atomic mass is 32.1. The van der Waals surface area contributed by atoms with Gasteiger partial charge in [0.05, 0.1) is 4.88 Å². The van der Waals surface area contributed by atoms with Crippen molar-refractivity contribution in [1.29, 1.82) is 0 Å². The van der Waals surface area contributed by atoms with Crippen molar-refractivity contribution in [1.82, 2.24) is 4.90 Å². The summed E-state index contributed by atoms with van der Waals surface area (Å²) in [6.45, 7) is 3.73. The van der Waals surface area contributed by atoms with Crippen LogP contribution in [0.2, 0.25) is 0 Å². The zero-order valence-electron chi connectivity index (χ0n) is 10.4. The zero-order chi connectivity index (χ0) is 13.1. The van der Waals surface area contributed by atoms with Crippen LogP contribution in [0, 0.1) is 5.92 Å². The molecule has 18 heavy (non-hydrogen) atoms. The van der Waals surface area contributed by atoms with Gasteiger partial charge in [0.2, 0.25) is 0 Å². The van der Waals surface area contributed by atoms with Crippen LogP contribution in [0.4, 0.5) is 0 Å². The number of rotatable bonds is 3. The number of nitrogens with zero attached hydrogens (tertiary/aromatic N) is 1. The number of piperidine rings is 1. The van der Waals surface area contributed by atoms with Crippen molar-refractivity contribution in [2.24, 2.45) is 5.92 Å². The molecule has 0 bridgehead atoms. The van der Waals surface area contributed by atoms with Crippen LogP contribution < -0.4 is 0 Å². The van der Waals surface area contributed by atoms with Gasteiger partial charge in [-0.1, -0.05) is 13.3 Å². The molecule has 4 nitrogen and oxygen atoms in total. The highest BCUT2D eigenvalue weighted by Gasteiger charge is 2.24. The van der Waals surface area contributed by atoms with Gasteiger partial charge in [0.15, 0.2) is 0 Å². The van der Waals surface area contributed by atoms with Crippen molar-refractivity contribution in [3.05, 3.63) is 21.9 Å². The third-order valence-electron chi connectivity index (χ3n) is 3.41. The Labute approximate surface area is 110 Å². The number of hydrogen-bond donors (Lipinski definition) is 1. The van der Waals surface area contributed by atoms with Crippen LogP contribution in [0.15, 0.2) is 12.1 Å². The topological polar surface area (TPSA) is 57.6 Å². The highest BCUT2D eigenvalue weighted by molar-refractivity contribution is 7.15. The van der Waals surface area contributed by atoms with Crippen LogP contribution in [0.1, 0.15) is 45.5 Å². The van der Waals surface area contributed by atoms with E-state index in [1.54, 1.807) is 6.07 Å². The summed E-state index contributed by atoms with van der Waals surface area (Å²) in [4.78, 5) is 25.6. The number of amides is 1. The van der Waals surface area contributed by atoms with Crippen molar-refractivity contribution in [3.63, 3.8) is 0 Å². The molecule has 5 heteroatoms. The van der Waals surface area contributed by atoms with E-state index in [-0.39, 0.29) is 10.8 Å². The average molecular weight is 267 g/mol. The van der Waals surface area contributed by atoms with Gasteiger partial charge >= 0.3 is 5.97 Å². The Morgan fingerprint density at radius 2 is 2.17 bits per heavy atom. The predicted molar refractivity (Wildman–Crippen MR) is 70.2 cm³/mol. The maximum Gasteiger partial charge on any atom is 0.345 e. The van der Waals surface area contributed by atoms with E-state index in [1.165, 1.54) is 12.5 Å². The molecular formula is C13H17NO3S. The summed E-state index contributed by atoms with van der Waals surface area (Å²) in [5.74, 6) is -0.406. The molecule has 1 atom stereocenters. The third-order valence-corrected chi connectivity index (χ3v) is 4.47. The Bertz CT molecular complexity index is 455. The van der Waals surface area contributed by atoms with Crippen LogP contribution in [-0.2, 0) is 0 Å². The molecule has 0 radical (unpaired) electrons. The monoisotopic (exact) mass is 267 g/mol. The SMILES string of the molecule is CCC1CCCN(C(=O)c2ccc(C(=O)O)s2)C1. The Hall–Kier alpha value is -1.36. The van der Waals surface area contributed by atoms with Gasteiger partial charge in [-0.05, 0) is 30.9 Å². The van der Waals surface area contributed by atoms with Crippen molar-refractivity contribution in [2.45, 2.75) is 26.2 Å². The molecule has 0 saturated carbocycles. The van der Waals surface area contributed by atoms with Gasteiger partial charge in [-0.25, -0.2) is 4.79 Å². The lowest BCUT2D eigenvalue weighted by Gasteiger charge is -2.32. The maximum atomic E-state index is 12.2. The Morgan fingerprint density at radius 1 is 1.44 bits per heavy atom. The van der Waals surface area contributed by atoms with Crippen molar-refractivity contribution >= 4 is 23.2 Å². The molecular weight excluding hydrogens is 250 g/mol. The summed E-state index contributed by atoms with van der Waals surface area (Å²) in [6.07, 6.45) is 3.32. The number of carbonyl (C=O) groups excluding carboxylic acids is 1. The Morgan fingerprint density at radius 3 is 2.78 bits per heavy atom. The molecule has 1 unspecified atom stereocenters. The second-order valence-corrected chi connectivity index (χ2v) is 5.72. The Balaban J connectivity index is 2.07. The van der Waals surface area contributed by atoms with Gasteiger partial charge in [0.25, 0.3) is 5.91 Å². The average Bonchev–Trinajstić information content (AvgIpc) is 2.87. The summed E-state index contributed by atoms with van der Waals surface area (Å²) < 4.78 is 0. The molecule has 1 aromatic rings. The zero-order valence-corrected chi connectivity index (χ0v) is 11.2. The van der Waals surface area contributed by atoms with Crippen molar-refractivity contribution in [3.8, 4) is 0 Å². The minimum atomic E-state index is -0.968. The minimum absolute atomic E-state index is 0.0225. The molecule has 0 spiro atoms. The van der Waals surface area contributed by atoms with E-state index in [2.05, 4.69) is 6.92 Å². The van der Waals surface area contributed by atoms with Crippen molar-refractivity contribution < 1.29 is 14.7 Å². The summed E-state index contributed by atoms with van der Waals surface area (Å²) in [5, 5.41) is 8.86. The first kappa shape index (κ1) is 13.1. The number of carboxylic acids is 1. The molecule has 0 aliphatic carbocycles. The molecule has 1 saturated heterocycles. The lowest BCUT2D eigenvalue weighted by atomic mass is 9.95. The lowest BCUT2D eigenvalue weighted by Crippen LogP contribution is -2.39. The molecule has 98 valence electrons. The van der Waals surface area contributed by atoms with Gasteiger partial charge in [0, 0.05) is 13.1 Å². The van der Waals surface area contributed by atoms with E-state index in [9.17, 15) is 9.59 Å². The van der Waals surface area contributed by atoms with Gasteiger partial charge < -0.3 is 10.0 Å². The maximum absolute atomic E-state index is 12.2. The predicted octanol–water partition coefficient (Wildman–Crippen LogP) is 2.71. The fraction of sp³-hybridized carbons (Fsp3) is 0.538. The molecule has 1 aliphatic rings. The van der Waals surface area contributed by atoms with E-state index in [0.29, 0.717) is 10.8 Å². The van der Waals surface area contributed by atoms with Crippen molar-refractivity contribution in [2.75, 3.05) is 13.1 Å². The van der Waals surface area contributed by atoms with Gasteiger partial charge in [-0.2, -0.15) is 0 Å². The number of thiophene rings is 1. The second kappa shape index (κ2) is 5.52. The van der Waals surface area contributed by atoms with Crippen LogP contribution in [0.5, 0.6) is 0 Å². The summed E-state index contributed by atoms with van der Waals surface area (Å²) in [7, 11) is 0. The fourth-order valence-corrected chi connectivity index (χ4v) is 3.12. The standard InChI is InChI=1S/C13H17NO3S/c1-2-9-4-3-7-14(8-9)12(15)10-5-6-11(18-10)13(16)17/h5-6,9H,2-4,7-8H2,1H3,(H,16,17). The molecule has 0 aromatic carbocycles. The van der Waals surface area contributed by atoms with Crippen LogP contribution in [0.25, 0.3) is 0 Å². The normalized spacial score (nSPS) is 19.8. The van der Waals surface area contributed by atoms with Gasteiger partial charge in [-0.15, -0.1) is 11.3 Å². The molecule has 1 fully saturated rings. The lowest BCUT2D eigenvalue weighted by molar-refractivity contribution is 0.0674. The first-order chi connectivity index (χ1) is 8.61. The third kappa shape index (κ3) is 2.72. The molecule has 1 aliphatic heterocycles. The number of carbonyl (C=O) groups is 2. The van der Waals surface area contributed by atoms with E-state index in [4.69, 9.17) is 5.11 Å². The number of aromatic carboxylic acids is 1. The largest absolute Gasteiger partial charge is 0.477 e. The summed E-state index contributed by atoms with van der Waals surface area (Å²) in [5.41, 5.74) is 0. The van der Waals surface area contributed by atoms with Crippen LogP contribution >= 0.6 is 11.3 Å². The van der Waals surface area contributed by atoms with E-state index < -0.39 is 5.97 Å². The Kier molecular flexibility index (Phi) is 4.01. The van der Waals surface area contributed by atoms with E-state index >= 15 is 0 Å². The molecule has 1 N–H and O–H groups in total. The first-order valence-corrected chi connectivity index (χ1v) is 7.06. The summed E-state index contributed by atoms with van der Waals surface area (Å²) >= 11 is 1.06. The van der Waals surface area contributed by atoms with E-state index in [0.717, 1.165) is 37.3 Å². The minimum Gasteiger partial charge on any atom is -0.477 e. The molecule has 2 heterocycles. The quantitative estimate of drug-likeness (QED) is 0.916. The van der Waals surface area contributed by atoms with Crippen LogP contribution in [-0.4, -0.2) is 35.0 Å². The molecule has 2 rings (SSSR count). The fourth-order valence-electron chi connectivity index (χ4n) is 2.31. The van der Waals surface area contributed by atoms with E-state index in [1.807, 2.05) is 4.90 Å². The van der Waals surface area contributed by atoms with Gasteiger partial charge in [-0.3, -0.25) is 4.79 Å². The number of hydrogen-bond acceptors (Lipinski definition) is 3. The van der Waals surface area contributed by atoms with Gasteiger partial charge in [0.1, 0.15) is 4.88 Å². The first-order valence-electron chi connectivity index (χ1n) is 6.24.